The quantitative estimate of drug-likeness (QED) is 0.0169. The average molecular weight is 1550 g/mol. The van der Waals surface area contributed by atoms with Crippen molar-refractivity contribution in [3.05, 3.63) is 158 Å². The Morgan fingerprint density at radius 1 is 0.269 bits per heavy atom. The van der Waals surface area contributed by atoms with Gasteiger partial charge in [0.1, 0.15) is 19.3 Å². The number of phosphoric ester groups is 2. The van der Waals surface area contributed by atoms with E-state index in [2.05, 4.69) is 186 Å². The van der Waals surface area contributed by atoms with Crippen LogP contribution in [0.15, 0.2) is 158 Å². The minimum Gasteiger partial charge on any atom is -0.462 e. The maximum atomic E-state index is 13.1. The molecule has 0 saturated carbocycles. The van der Waals surface area contributed by atoms with Gasteiger partial charge in [0.15, 0.2) is 12.2 Å². The highest BCUT2D eigenvalue weighted by molar-refractivity contribution is 7.47. The summed E-state index contributed by atoms with van der Waals surface area (Å²) in [5.41, 5.74) is 0. The molecule has 0 fully saturated rings. The Balaban J connectivity index is 5.45. The highest BCUT2D eigenvalue weighted by Crippen LogP contribution is 2.45. The monoisotopic (exact) mass is 1550 g/mol. The summed E-state index contributed by atoms with van der Waals surface area (Å²) in [5, 5.41) is 10.7. The third kappa shape index (κ3) is 78.8. The van der Waals surface area contributed by atoms with Crippen LogP contribution in [0, 0.1) is 0 Å². The van der Waals surface area contributed by atoms with Crippen molar-refractivity contribution in [3.63, 3.8) is 0 Å². The summed E-state index contributed by atoms with van der Waals surface area (Å²) in [6.45, 7) is 4.53. The van der Waals surface area contributed by atoms with E-state index in [1.54, 1.807) is 0 Å². The van der Waals surface area contributed by atoms with Crippen LogP contribution in [0.25, 0.3) is 0 Å². The van der Waals surface area contributed by atoms with E-state index in [0.717, 1.165) is 199 Å². The first kappa shape index (κ1) is 103. The molecular formula is C89H148O17P2. The van der Waals surface area contributed by atoms with Crippen molar-refractivity contribution in [2.45, 2.75) is 341 Å². The number of phosphoric acid groups is 2. The molecule has 0 aromatic rings. The molecule has 0 amide bonds. The zero-order valence-corrected chi connectivity index (χ0v) is 69.3. The molecule has 0 aliphatic rings. The number of aliphatic hydroxyl groups is 1. The minimum atomic E-state index is -5.00. The number of aliphatic hydroxyl groups excluding tert-OH is 1. The van der Waals surface area contributed by atoms with E-state index < -0.39 is 97.5 Å². The van der Waals surface area contributed by atoms with Gasteiger partial charge in [-0.25, -0.2) is 9.13 Å². The second kappa shape index (κ2) is 79.8. The zero-order chi connectivity index (χ0) is 78.9. The molecular weight excluding hydrogens is 1400 g/mol. The maximum Gasteiger partial charge on any atom is 0.472 e. The zero-order valence-electron chi connectivity index (χ0n) is 67.5. The van der Waals surface area contributed by atoms with Gasteiger partial charge in [-0.1, -0.05) is 282 Å². The first-order valence-electron chi connectivity index (χ1n) is 41.7. The van der Waals surface area contributed by atoms with Gasteiger partial charge in [0, 0.05) is 25.7 Å². The lowest BCUT2D eigenvalue weighted by molar-refractivity contribution is -0.161. The Morgan fingerprint density at radius 3 is 0.778 bits per heavy atom. The van der Waals surface area contributed by atoms with Gasteiger partial charge in [-0.2, -0.15) is 0 Å². The summed E-state index contributed by atoms with van der Waals surface area (Å²) in [6, 6.07) is 0. The molecule has 0 bridgehead atoms. The van der Waals surface area contributed by atoms with Crippen molar-refractivity contribution in [3.8, 4) is 0 Å². The number of rotatable bonds is 77. The average Bonchev–Trinajstić information content (AvgIpc) is 0.923. The standard InChI is InChI=1S/C89H148O17P2/c1-5-9-13-17-21-25-29-33-37-39-41-43-47-49-53-57-61-65-69-73-86(91)99-79-84(105-88(93)75-71-67-63-59-55-51-45-35-31-27-23-19-15-11-7-3)81-103-107(95,96)101-77-83(90)78-102-108(97,98)104-82-85(106-89(94)76-72-68-64-60-56-52-46-36-32-28-24-20-16-12-8-4)80-100-87(92)74-70-66-62-58-54-50-48-44-42-40-38-34-30-26-22-18-14-10-6-2/h9-10,13-14,21-23,25-28,32-35,37-38,41-45,49-50,53-54,83-85,90H,5-8,11-12,15-20,24,29-31,36,39-40,46-48,51-52,55-82H2,1-4H3,(H,95,96)(H,97,98)/b13-9-,14-10-,25-21-,26-22-,27-23-,32-28-,37-33-,38-34-,43-41-,44-42-,45-35-,53-49-,54-50-/t83-,84-,85-/m1/s1. The lowest BCUT2D eigenvalue weighted by Crippen LogP contribution is -2.30. The van der Waals surface area contributed by atoms with Crippen molar-refractivity contribution >= 4 is 39.5 Å². The Bertz CT molecular complexity index is 2660. The third-order valence-electron chi connectivity index (χ3n) is 17.0. The van der Waals surface area contributed by atoms with E-state index in [1.165, 1.54) is 44.9 Å². The van der Waals surface area contributed by atoms with E-state index in [4.69, 9.17) is 37.0 Å². The van der Waals surface area contributed by atoms with Crippen molar-refractivity contribution < 1.29 is 80.2 Å². The first-order valence-corrected chi connectivity index (χ1v) is 44.7. The minimum absolute atomic E-state index is 0.0661. The molecule has 0 aromatic carbocycles. The lowest BCUT2D eigenvalue weighted by atomic mass is 10.1. The fourth-order valence-electron chi connectivity index (χ4n) is 10.7. The van der Waals surface area contributed by atoms with Gasteiger partial charge < -0.3 is 33.8 Å². The molecule has 19 heteroatoms. The molecule has 0 aliphatic heterocycles. The second-order valence-electron chi connectivity index (χ2n) is 27.3. The molecule has 2 unspecified atom stereocenters. The molecule has 0 saturated heterocycles. The smallest absolute Gasteiger partial charge is 0.462 e. The van der Waals surface area contributed by atoms with Crippen LogP contribution in [0.5, 0.6) is 0 Å². The molecule has 0 heterocycles. The van der Waals surface area contributed by atoms with Crippen LogP contribution in [0.3, 0.4) is 0 Å². The van der Waals surface area contributed by atoms with Crippen LogP contribution in [-0.2, 0) is 65.4 Å². The van der Waals surface area contributed by atoms with Gasteiger partial charge in [0.05, 0.1) is 26.4 Å². The largest absolute Gasteiger partial charge is 0.472 e. The number of carbonyl (C=O) groups is 4. The van der Waals surface area contributed by atoms with Crippen LogP contribution < -0.4 is 0 Å². The molecule has 3 N–H and O–H groups in total. The van der Waals surface area contributed by atoms with Crippen molar-refractivity contribution in [1.29, 1.82) is 0 Å². The molecule has 0 aromatic heterocycles. The fourth-order valence-corrected chi connectivity index (χ4v) is 12.2. The predicted molar refractivity (Wildman–Crippen MR) is 445 cm³/mol. The van der Waals surface area contributed by atoms with Crippen LogP contribution in [0.2, 0.25) is 0 Å². The van der Waals surface area contributed by atoms with E-state index in [1.807, 2.05) is 0 Å². The molecule has 616 valence electrons. The highest BCUT2D eigenvalue weighted by atomic mass is 31.2. The summed E-state index contributed by atoms with van der Waals surface area (Å²) in [5.74, 6) is -2.27. The summed E-state index contributed by atoms with van der Waals surface area (Å²) in [4.78, 5) is 73.2. The summed E-state index contributed by atoms with van der Waals surface area (Å²) in [7, 11) is -10.00. The molecule has 17 nitrogen and oxygen atoms in total. The normalized spacial score (nSPS) is 14.6. The molecule has 0 spiro atoms. The molecule has 0 rings (SSSR count). The van der Waals surface area contributed by atoms with E-state index in [0.29, 0.717) is 25.7 Å². The molecule has 0 radical (unpaired) electrons. The van der Waals surface area contributed by atoms with Gasteiger partial charge in [0.2, 0.25) is 0 Å². The van der Waals surface area contributed by atoms with Gasteiger partial charge in [-0.3, -0.25) is 37.3 Å². The van der Waals surface area contributed by atoms with Gasteiger partial charge in [-0.15, -0.1) is 0 Å². The number of hydrogen-bond acceptors (Lipinski definition) is 15. The van der Waals surface area contributed by atoms with Gasteiger partial charge >= 0.3 is 39.5 Å². The Morgan fingerprint density at radius 2 is 0.481 bits per heavy atom. The third-order valence-corrected chi connectivity index (χ3v) is 18.9. The number of esters is 4. The topological polar surface area (TPSA) is 237 Å². The van der Waals surface area contributed by atoms with E-state index >= 15 is 0 Å². The summed E-state index contributed by atoms with van der Waals surface area (Å²) < 4.78 is 68.7. The Kier molecular flexibility index (Phi) is 75.8. The fraction of sp³-hybridized carbons (Fsp3) is 0.663. The van der Waals surface area contributed by atoms with Crippen molar-refractivity contribution in [2.75, 3.05) is 39.6 Å². The molecule has 5 atom stereocenters. The van der Waals surface area contributed by atoms with Crippen LogP contribution in [-0.4, -0.2) is 96.7 Å². The summed E-state index contributed by atoms with van der Waals surface area (Å²) in [6.07, 6.45) is 93.5. The first-order chi connectivity index (χ1) is 52.7. The van der Waals surface area contributed by atoms with Crippen LogP contribution in [0.4, 0.5) is 0 Å². The lowest BCUT2D eigenvalue weighted by Gasteiger charge is -2.21. The van der Waals surface area contributed by atoms with E-state index in [-0.39, 0.29) is 25.7 Å². The van der Waals surface area contributed by atoms with E-state index in [9.17, 15) is 43.2 Å². The van der Waals surface area contributed by atoms with Crippen molar-refractivity contribution in [2.24, 2.45) is 0 Å². The predicted octanol–water partition coefficient (Wildman–Crippen LogP) is 24.8. The number of hydrogen-bond donors (Lipinski definition) is 3. The molecule has 108 heavy (non-hydrogen) atoms. The Hall–Kier alpha value is -5.32. The molecule has 0 aliphatic carbocycles. The number of unbranched alkanes of at least 4 members (excludes halogenated alkanes) is 25. The number of allylic oxidation sites excluding steroid dienone is 26. The van der Waals surface area contributed by atoms with Crippen molar-refractivity contribution in [1.82, 2.24) is 0 Å². The Labute approximate surface area is 655 Å². The van der Waals surface area contributed by atoms with Gasteiger partial charge in [-0.05, 0) is 173 Å². The number of carbonyl (C=O) groups excluding carboxylic acids is 4. The maximum absolute atomic E-state index is 13.1. The number of ether oxygens (including phenoxy) is 4. The van der Waals surface area contributed by atoms with Crippen LogP contribution >= 0.6 is 15.6 Å². The SMILES string of the molecule is CC/C=C\C/C=C\C/C=C\C/C=C\C/C=C\CCCCCC(=O)OC[C@H](COP(=O)(O)OC[C@@H](O)COP(=O)(O)OC[C@@H](COC(=O)CCCCC/C=C\C/C=C\C/C=C\C/C=C\C/C=C\CC)OC(=O)CCCCCCCCC/C=C\CCCCCC)OC(=O)CCCCCCC/C=C\C/C=C\CCCCC. The second-order valence-corrected chi connectivity index (χ2v) is 30.2. The summed E-state index contributed by atoms with van der Waals surface area (Å²) >= 11 is 0. The van der Waals surface area contributed by atoms with Crippen LogP contribution in [0.1, 0.15) is 323 Å². The van der Waals surface area contributed by atoms with Gasteiger partial charge in [0.25, 0.3) is 0 Å². The highest BCUT2D eigenvalue weighted by Gasteiger charge is 2.30.